The predicted molar refractivity (Wildman–Crippen MR) is 107 cm³/mol. The average Bonchev–Trinajstić information content (AvgIpc) is 3.15. The molecule has 2 heterocycles. The van der Waals surface area contributed by atoms with Crippen molar-refractivity contribution in [3.05, 3.63) is 66.4 Å². The van der Waals surface area contributed by atoms with Gasteiger partial charge in [0.2, 0.25) is 6.29 Å². The smallest absolute Gasteiger partial charge is 0.217 e. The second kappa shape index (κ2) is 7.78. The Morgan fingerprint density at radius 2 is 1.63 bits per heavy atom. The van der Waals surface area contributed by atoms with E-state index >= 15 is 0 Å². The zero-order chi connectivity index (χ0) is 18.6. The highest BCUT2D eigenvalue weighted by molar-refractivity contribution is 6.07. The lowest BCUT2D eigenvalue weighted by Crippen LogP contribution is -2.07. The van der Waals surface area contributed by atoms with E-state index < -0.39 is 6.29 Å². The minimum Gasteiger partial charge on any atom is -0.455 e. The fraction of sp³-hybridized carbons (Fsp3) is 0.227. The van der Waals surface area contributed by atoms with E-state index in [0.29, 0.717) is 19.0 Å². The highest BCUT2D eigenvalue weighted by Crippen LogP contribution is 2.36. The van der Waals surface area contributed by atoms with E-state index in [4.69, 9.17) is 18.9 Å². The number of fused-ring (bicyclic) bond motifs is 3. The maximum atomic E-state index is 6.20. The van der Waals surface area contributed by atoms with Crippen LogP contribution in [0, 0.1) is 0 Å². The third-order valence-electron chi connectivity index (χ3n) is 4.29. The molecule has 27 heavy (non-hydrogen) atoms. The first-order chi connectivity index (χ1) is 13.3. The largest absolute Gasteiger partial charge is 0.455 e. The SMILES string of the molecule is CCOC(OCC)c1cc2c(Nc3ccccc3)nc3ccccc3c2o1. The van der Waals surface area contributed by atoms with Gasteiger partial charge in [-0.2, -0.15) is 0 Å². The van der Waals surface area contributed by atoms with Gasteiger partial charge in [0, 0.05) is 24.3 Å². The summed E-state index contributed by atoms with van der Waals surface area (Å²) < 4.78 is 17.6. The van der Waals surface area contributed by atoms with Crippen molar-refractivity contribution in [3.63, 3.8) is 0 Å². The zero-order valence-electron chi connectivity index (χ0n) is 15.4. The highest BCUT2D eigenvalue weighted by atomic mass is 16.7. The van der Waals surface area contributed by atoms with Gasteiger partial charge in [-0.15, -0.1) is 0 Å². The molecule has 0 bridgehead atoms. The van der Waals surface area contributed by atoms with Crippen LogP contribution >= 0.6 is 0 Å². The molecule has 2 aromatic heterocycles. The number of rotatable bonds is 7. The van der Waals surface area contributed by atoms with Crippen LogP contribution in [-0.2, 0) is 9.47 Å². The molecule has 0 amide bonds. The van der Waals surface area contributed by atoms with Gasteiger partial charge in [-0.1, -0.05) is 30.3 Å². The number of nitrogens with zero attached hydrogens (tertiary/aromatic N) is 1. The number of hydrogen-bond acceptors (Lipinski definition) is 5. The van der Waals surface area contributed by atoms with Gasteiger partial charge < -0.3 is 19.2 Å². The van der Waals surface area contributed by atoms with E-state index in [1.54, 1.807) is 0 Å². The molecule has 0 aliphatic heterocycles. The van der Waals surface area contributed by atoms with Crippen molar-refractivity contribution in [1.82, 2.24) is 4.98 Å². The van der Waals surface area contributed by atoms with Crippen LogP contribution in [0.1, 0.15) is 25.9 Å². The summed E-state index contributed by atoms with van der Waals surface area (Å²) in [5, 5.41) is 5.26. The minimum atomic E-state index is -0.532. The van der Waals surface area contributed by atoms with Crippen molar-refractivity contribution in [3.8, 4) is 0 Å². The third-order valence-corrected chi connectivity index (χ3v) is 4.29. The van der Waals surface area contributed by atoms with Gasteiger partial charge in [0.1, 0.15) is 11.4 Å². The molecule has 1 N–H and O–H groups in total. The van der Waals surface area contributed by atoms with Crippen molar-refractivity contribution in [2.24, 2.45) is 0 Å². The number of pyridine rings is 1. The summed E-state index contributed by atoms with van der Waals surface area (Å²) in [4.78, 5) is 4.81. The molecule has 2 aromatic carbocycles. The molecule has 0 radical (unpaired) electrons. The first kappa shape index (κ1) is 17.5. The molecule has 4 rings (SSSR count). The van der Waals surface area contributed by atoms with Crippen molar-refractivity contribution in [2.45, 2.75) is 20.1 Å². The van der Waals surface area contributed by atoms with Crippen molar-refractivity contribution < 1.29 is 13.9 Å². The minimum absolute atomic E-state index is 0.532. The van der Waals surface area contributed by atoms with Gasteiger partial charge in [0.05, 0.1) is 10.9 Å². The van der Waals surface area contributed by atoms with Crippen LogP contribution in [0.5, 0.6) is 0 Å². The lowest BCUT2D eigenvalue weighted by Gasteiger charge is -2.13. The molecule has 5 nitrogen and oxygen atoms in total. The molecule has 0 aliphatic rings. The first-order valence-corrected chi connectivity index (χ1v) is 9.17. The third kappa shape index (κ3) is 3.52. The quantitative estimate of drug-likeness (QED) is 0.421. The number of aromatic nitrogens is 1. The van der Waals surface area contributed by atoms with E-state index in [2.05, 4.69) is 5.32 Å². The van der Waals surface area contributed by atoms with Gasteiger partial charge in [-0.25, -0.2) is 4.98 Å². The Morgan fingerprint density at radius 1 is 0.926 bits per heavy atom. The maximum Gasteiger partial charge on any atom is 0.217 e. The van der Waals surface area contributed by atoms with E-state index in [0.717, 1.165) is 33.4 Å². The Kier molecular flexibility index (Phi) is 5.05. The molecular weight excluding hydrogens is 340 g/mol. The first-order valence-electron chi connectivity index (χ1n) is 9.17. The topological polar surface area (TPSA) is 56.5 Å². The lowest BCUT2D eigenvalue weighted by molar-refractivity contribution is -0.150. The molecule has 4 aromatic rings. The lowest BCUT2D eigenvalue weighted by atomic mass is 10.1. The van der Waals surface area contributed by atoms with Crippen LogP contribution in [0.3, 0.4) is 0 Å². The van der Waals surface area contributed by atoms with Gasteiger partial charge in [0.15, 0.2) is 5.76 Å². The Labute approximate surface area is 157 Å². The highest BCUT2D eigenvalue weighted by Gasteiger charge is 2.20. The number of ether oxygens (including phenoxy) is 2. The summed E-state index contributed by atoms with van der Waals surface area (Å²) in [6, 6.07) is 19.9. The standard InChI is InChI=1S/C22H22N2O3/c1-3-25-22(26-4-2)19-14-17-20(27-19)16-12-8-9-13-18(16)24-21(17)23-15-10-6-5-7-11-15/h5-14,22H,3-4H2,1-2H3,(H,23,24). The van der Waals surface area contributed by atoms with E-state index in [-0.39, 0.29) is 0 Å². The fourth-order valence-electron chi connectivity index (χ4n) is 3.11. The number of benzene rings is 2. The van der Waals surface area contributed by atoms with Crippen molar-refractivity contribution in [2.75, 3.05) is 18.5 Å². The van der Waals surface area contributed by atoms with Gasteiger partial charge in [-0.05, 0) is 44.2 Å². The van der Waals surface area contributed by atoms with Crippen LogP contribution in [0.25, 0.3) is 21.9 Å². The van der Waals surface area contributed by atoms with E-state index in [9.17, 15) is 0 Å². The van der Waals surface area contributed by atoms with Crippen LogP contribution < -0.4 is 5.32 Å². The molecule has 0 aliphatic carbocycles. The Balaban J connectivity index is 1.88. The molecule has 0 fully saturated rings. The van der Waals surface area contributed by atoms with Crippen molar-refractivity contribution in [1.29, 1.82) is 0 Å². The molecule has 0 saturated heterocycles. The molecule has 5 heteroatoms. The van der Waals surface area contributed by atoms with Crippen LogP contribution in [0.2, 0.25) is 0 Å². The molecule has 0 spiro atoms. The average molecular weight is 362 g/mol. The summed E-state index contributed by atoms with van der Waals surface area (Å²) in [6.45, 7) is 4.95. The Hall–Kier alpha value is -2.89. The summed E-state index contributed by atoms with van der Waals surface area (Å²) in [5.41, 5.74) is 2.61. The maximum absolute atomic E-state index is 6.20. The molecule has 138 valence electrons. The van der Waals surface area contributed by atoms with Gasteiger partial charge in [-0.3, -0.25) is 0 Å². The summed E-state index contributed by atoms with van der Waals surface area (Å²) in [5.74, 6) is 1.39. The molecule has 0 unspecified atom stereocenters. The number of hydrogen-bond donors (Lipinski definition) is 1. The summed E-state index contributed by atoms with van der Waals surface area (Å²) in [7, 11) is 0. The number of anilines is 2. The van der Waals surface area contributed by atoms with E-state index in [1.807, 2.05) is 74.5 Å². The molecular formula is C22H22N2O3. The Morgan fingerprint density at radius 3 is 2.37 bits per heavy atom. The van der Waals surface area contributed by atoms with Crippen LogP contribution in [0.4, 0.5) is 11.5 Å². The second-order valence-corrected chi connectivity index (χ2v) is 6.10. The van der Waals surface area contributed by atoms with Crippen LogP contribution in [0.15, 0.2) is 65.1 Å². The number of nitrogens with one attached hydrogen (secondary N) is 1. The van der Waals surface area contributed by atoms with E-state index in [1.165, 1.54) is 0 Å². The Bertz CT molecular complexity index is 1040. The normalized spacial score (nSPS) is 11.5. The summed E-state index contributed by atoms with van der Waals surface area (Å²) in [6.07, 6.45) is -0.532. The monoisotopic (exact) mass is 362 g/mol. The number of furan rings is 1. The second-order valence-electron chi connectivity index (χ2n) is 6.10. The van der Waals surface area contributed by atoms with Gasteiger partial charge in [0.25, 0.3) is 0 Å². The predicted octanol–water partition coefficient (Wildman–Crippen LogP) is 5.80. The van der Waals surface area contributed by atoms with Crippen LogP contribution in [-0.4, -0.2) is 18.2 Å². The molecule has 0 atom stereocenters. The fourth-order valence-corrected chi connectivity index (χ4v) is 3.11. The van der Waals surface area contributed by atoms with Crippen molar-refractivity contribution >= 4 is 33.4 Å². The van der Waals surface area contributed by atoms with Gasteiger partial charge >= 0.3 is 0 Å². The number of para-hydroxylation sites is 2. The molecule has 0 saturated carbocycles. The zero-order valence-corrected chi connectivity index (χ0v) is 15.4. The summed E-state index contributed by atoms with van der Waals surface area (Å²) >= 11 is 0.